The van der Waals surface area contributed by atoms with Crippen molar-refractivity contribution in [2.24, 2.45) is 0 Å². The van der Waals surface area contributed by atoms with Crippen LogP contribution in [-0.4, -0.2) is 122 Å². The molecule has 2 aliphatic rings. The van der Waals surface area contributed by atoms with E-state index in [1.54, 1.807) is 0 Å². The summed E-state index contributed by atoms with van der Waals surface area (Å²) in [5.74, 6) is -2.08. The van der Waals surface area contributed by atoms with Crippen LogP contribution in [0.3, 0.4) is 0 Å². The Labute approximate surface area is 241 Å². The number of aromatic hydroxyl groups is 3. The first-order valence-corrected chi connectivity index (χ1v) is 12.9. The summed E-state index contributed by atoms with van der Waals surface area (Å²) in [5.41, 5.74) is -0.999. The Morgan fingerprint density at radius 2 is 1.58 bits per heavy atom. The molecule has 2 saturated heterocycles. The van der Waals surface area contributed by atoms with Crippen LogP contribution in [0.5, 0.6) is 28.7 Å². The summed E-state index contributed by atoms with van der Waals surface area (Å²) in [4.78, 5) is 13.4. The zero-order chi connectivity index (χ0) is 31.2. The van der Waals surface area contributed by atoms with Crippen molar-refractivity contribution in [2.75, 3.05) is 20.3 Å². The molecule has 16 nitrogen and oxygen atoms in total. The third kappa shape index (κ3) is 5.67. The van der Waals surface area contributed by atoms with E-state index in [0.717, 1.165) is 12.3 Å². The molecule has 0 bridgehead atoms. The molecule has 0 amide bonds. The van der Waals surface area contributed by atoms with Crippen LogP contribution in [-0.2, 0) is 14.2 Å². The van der Waals surface area contributed by atoms with E-state index < -0.39 is 95.6 Å². The Balaban J connectivity index is 1.42. The second kappa shape index (κ2) is 12.1. The second-order valence-electron chi connectivity index (χ2n) is 10.0. The molecule has 3 heterocycles. The van der Waals surface area contributed by atoms with Crippen molar-refractivity contribution in [3.63, 3.8) is 0 Å². The fourth-order valence-corrected chi connectivity index (χ4v) is 4.79. The average molecular weight is 611 g/mol. The van der Waals surface area contributed by atoms with Gasteiger partial charge in [-0.3, -0.25) is 4.79 Å². The van der Waals surface area contributed by atoms with Crippen LogP contribution >= 0.6 is 0 Å². The first-order valence-electron chi connectivity index (χ1n) is 12.9. The van der Waals surface area contributed by atoms with Gasteiger partial charge >= 0.3 is 0 Å². The average Bonchev–Trinajstić information content (AvgIpc) is 2.98. The topological polar surface area (TPSA) is 258 Å². The molecule has 234 valence electrons. The van der Waals surface area contributed by atoms with Crippen LogP contribution in [0.1, 0.15) is 0 Å². The number of phenols is 3. The highest BCUT2D eigenvalue weighted by atomic mass is 16.7. The fourth-order valence-electron chi connectivity index (χ4n) is 4.79. The minimum Gasteiger partial charge on any atom is -0.507 e. The van der Waals surface area contributed by atoms with Gasteiger partial charge in [0.25, 0.3) is 0 Å². The van der Waals surface area contributed by atoms with Gasteiger partial charge in [0.1, 0.15) is 60.1 Å². The maximum Gasteiger partial charge on any atom is 0.229 e. The lowest BCUT2D eigenvalue weighted by molar-refractivity contribution is -0.307. The zero-order valence-electron chi connectivity index (χ0n) is 22.4. The summed E-state index contributed by atoms with van der Waals surface area (Å²) in [6.07, 6.45) is -13.7. The normalized spacial score (nSPS) is 31.2. The van der Waals surface area contributed by atoms with Crippen LogP contribution in [0.2, 0.25) is 0 Å². The molecule has 2 aliphatic heterocycles. The molecule has 9 unspecified atom stereocenters. The second-order valence-corrected chi connectivity index (χ2v) is 10.0. The summed E-state index contributed by atoms with van der Waals surface area (Å²) >= 11 is 0. The highest BCUT2D eigenvalue weighted by molar-refractivity contribution is 5.93. The quantitative estimate of drug-likeness (QED) is 0.143. The third-order valence-electron chi connectivity index (χ3n) is 7.23. The minimum absolute atomic E-state index is 0.0489. The molecule has 2 fully saturated rings. The predicted molar refractivity (Wildman–Crippen MR) is 140 cm³/mol. The largest absolute Gasteiger partial charge is 0.507 e. The van der Waals surface area contributed by atoms with E-state index in [-0.39, 0.29) is 29.2 Å². The van der Waals surface area contributed by atoms with Crippen LogP contribution < -0.4 is 14.9 Å². The number of hydrogen-bond acceptors (Lipinski definition) is 16. The lowest BCUT2D eigenvalue weighted by Crippen LogP contribution is -2.61. The standard InChI is InChI=1S/C27H30O16/c1-38-15-4-9(2-3-11(15)28)10-6-39-25-17(18(10)32)12(29)5-13(30)24(25)43-27-23(37)21(35)20(34)16(42-27)8-41-26-22(36)19(33)14(31)7-40-26/h2-6,14,16,19-23,26-31,33-37H,7-8H2,1H3. The van der Waals surface area contributed by atoms with Gasteiger partial charge in [0.2, 0.25) is 17.5 Å². The number of benzene rings is 2. The van der Waals surface area contributed by atoms with E-state index >= 15 is 0 Å². The molecular formula is C27H30O16. The number of ether oxygens (including phenoxy) is 5. The van der Waals surface area contributed by atoms with Gasteiger partial charge in [-0.15, -0.1) is 0 Å². The molecular weight excluding hydrogens is 580 g/mol. The maximum absolute atomic E-state index is 13.4. The molecule has 9 atom stereocenters. The van der Waals surface area contributed by atoms with Gasteiger partial charge in [0.05, 0.1) is 25.9 Å². The lowest BCUT2D eigenvalue weighted by Gasteiger charge is -2.41. The number of methoxy groups -OCH3 is 1. The van der Waals surface area contributed by atoms with E-state index in [0.29, 0.717) is 0 Å². The molecule has 5 rings (SSSR count). The fraction of sp³-hybridized carbons (Fsp3) is 0.444. The number of hydrogen-bond donors (Lipinski definition) is 9. The molecule has 1 aromatic heterocycles. The monoisotopic (exact) mass is 610 g/mol. The van der Waals surface area contributed by atoms with Crippen LogP contribution in [0.25, 0.3) is 22.1 Å². The van der Waals surface area contributed by atoms with Crippen molar-refractivity contribution in [3.05, 3.63) is 40.8 Å². The number of aliphatic hydroxyl groups is 6. The summed E-state index contributed by atoms with van der Waals surface area (Å²) in [5, 5.41) is 91.5. The van der Waals surface area contributed by atoms with Gasteiger partial charge in [0, 0.05) is 6.07 Å². The number of rotatable bonds is 7. The van der Waals surface area contributed by atoms with Gasteiger partial charge in [-0.05, 0) is 17.7 Å². The molecule has 0 saturated carbocycles. The molecule has 0 spiro atoms. The highest BCUT2D eigenvalue weighted by Gasteiger charge is 2.47. The van der Waals surface area contributed by atoms with Gasteiger partial charge in [0.15, 0.2) is 29.1 Å². The van der Waals surface area contributed by atoms with Gasteiger partial charge in [-0.25, -0.2) is 0 Å². The molecule has 0 radical (unpaired) electrons. The van der Waals surface area contributed by atoms with Crippen molar-refractivity contribution < 1.29 is 74.1 Å². The molecule has 43 heavy (non-hydrogen) atoms. The smallest absolute Gasteiger partial charge is 0.229 e. The molecule has 2 aromatic carbocycles. The SMILES string of the molecule is COc1cc(-c2coc3c(OC4OC(COC5OCC(O)C(O)C5O)C(O)C(O)C4O)c(O)cc(O)c3c2=O)ccc1O. The minimum atomic E-state index is -1.90. The van der Waals surface area contributed by atoms with Gasteiger partial charge in [-0.2, -0.15) is 0 Å². The summed E-state index contributed by atoms with van der Waals surface area (Å²) in [7, 11) is 1.32. The summed E-state index contributed by atoms with van der Waals surface area (Å²) < 4.78 is 32.3. The Morgan fingerprint density at radius 1 is 0.860 bits per heavy atom. The molecule has 9 N–H and O–H groups in total. The van der Waals surface area contributed by atoms with Crippen molar-refractivity contribution in [1.29, 1.82) is 0 Å². The third-order valence-corrected chi connectivity index (χ3v) is 7.23. The van der Waals surface area contributed by atoms with Crippen LogP contribution in [0.15, 0.2) is 39.7 Å². The van der Waals surface area contributed by atoms with Crippen molar-refractivity contribution in [1.82, 2.24) is 0 Å². The van der Waals surface area contributed by atoms with Crippen LogP contribution in [0.4, 0.5) is 0 Å². The molecule has 3 aromatic rings. The summed E-state index contributed by atoms with van der Waals surface area (Å²) in [6.45, 7) is -0.920. The number of aliphatic hydroxyl groups excluding tert-OH is 6. The summed E-state index contributed by atoms with van der Waals surface area (Å²) in [6, 6.07) is 4.85. The van der Waals surface area contributed by atoms with Crippen LogP contribution in [0, 0.1) is 0 Å². The zero-order valence-corrected chi connectivity index (χ0v) is 22.4. The van der Waals surface area contributed by atoms with Gasteiger partial charge < -0.3 is 74.1 Å². The highest BCUT2D eigenvalue weighted by Crippen LogP contribution is 2.42. The van der Waals surface area contributed by atoms with E-state index in [1.807, 2.05) is 0 Å². The Kier molecular flexibility index (Phi) is 8.66. The lowest BCUT2D eigenvalue weighted by atomic mass is 9.99. The Hall–Kier alpha value is -3.71. The van der Waals surface area contributed by atoms with Crippen molar-refractivity contribution in [2.45, 2.75) is 55.3 Å². The molecule has 16 heteroatoms. The van der Waals surface area contributed by atoms with E-state index in [2.05, 4.69) is 0 Å². The first-order chi connectivity index (χ1) is 20.4. The number of fused-ring (bicyclic) bond motifs is 1. The first kappa shape index (κ1) is 30.7. The van der Waals surface area contributed by atoms with Crippen molar-refractivity contribution in [3.8, 4) is 39.9 Å². The Bertz CT molecular complexity index is 1520. The van der Waals surface area contributed by atoms with E-state index in [4.69, 9.17) is 28.1 Å². The van der Waals surface area contributed by atoms with Crippen molar-refractivity contribution >= 4 is 11.0 Å². The Morgan fingerprint density at radius 3 is 2.30 bits per heavy atom. The van der Waals surface area contributed by atoms with Gasteiger partial charge in [-0.1, -0.05) is 6.07 Å². The molecule has 0 aliphatic carbocycles. The number of phenolic OH excluding ortho intramolecular Hbond substituents is 3. The van der Waals surface area contributed by atoms with E-state index in [9.17, 15) is 50.8 Å². The van der Waals surface area contributed by atoms with E-state index in [1.165, 1.54) is 25.3 Å². The maximum atomic E-state index is 13.4. The predicted octanol–water partition coefficient (Wildman–Crippen LogP) is -1.77.